The summed E-state index contributed by atoms with van der Waals surface area (Å²) in [7, 11) is 0. The zero-order chi connectivity index (χ0) is 18.7. The zero-order valence-electron chi connectivity index (χ0n) is 15.7. The first kappa shape index (κ1) is 18.7. The van der Waals surface area contributed by atoms with Gasteiger partial charge in [-0.25, -0.2) is 9.59 Å². The molecule has 0 bridgehead atoms. The lowest BCUT2D eigenvalue weighted by Crippen LogP contribution is -2.64. The van der Waals surface area contributed by atoms with Crippen LogP contribution in [0.25, 0.3) is 0 Å². The van der Waals surface area contributed by atoms with E-state index in [2.05, 4.69) is 13.8 Å². The number of benzene rings is 1. The molecule has 0 heterocycles. The van der Waals surface area contributed by atoms with Crippen LogP contribution in [0.2, 0.25) is 0 Å². The van der Waals surface area contributed by atoms with Crippen LogP contribution in [0, 0.1) is 11.8 Å². The molecule has 26 heavy (non-hydrogen) atoms. The fourth-order valence-electron chi connectivity index (χ4n) is 4.49. The molecular formula is C21H29NO4. The number of hydrogen-bond donors (Lipinski definition) is 1. The number of carboxylic acids is 1. The molecule has 2 atom stereocenters. The van der Waals surface area contributed by atoms with Crippen molar-refractivity contribution in [3.63, 3.8) is 0 Å². The van der Waals surface area contributed by atoms with Gasteiger partial charge in [-0.1, -0.05) is 57.0 Å². The van der Waals surface area contributed by atoms with Gasteiger partial charge in [0.25, 0.3) is 0 Å². The molecule has 0 spiro atoms. The van der Waals surface area contributed by atoms with Crippen molar-refractivity contribution in [2.24, 2.45) is 11.8 Å². The molecule has 2 aliphatic carbocycles. The molecule has 0 saturated heterocycles. The van der Waals surface area contributed by atoms with Gasteiger partial charge in [0.15, 0.2) is 0 Å². The molecular weight excluding hydrogens is 330 g/mol. The third-order valence-electron chi connectivity index (χ3n) is 5.86. The first-order valence-electron chi connectivity index (χ1n) is 9.70. The number of hydrogen-bond acceptors (Lipinski definition) is 3. The van der Waals surface area contributed by atoms with E-state index < -0.39 is 17.6 Å². The Balaban J connectivity index is 1.86. The van der Waals surface area contributed by atoms with Crippen LogP contribution in [0.3, 0.4) is 0 Å². The smallest absolute Gasteiger partial charge is 0.411 e. The van der Waals surface area contributed by atoms with Gasteiger partial charge in [-0.2, -0.15) is 0 Å². The molecule has 2 fully saturated rings. The largest absolute Gasteiger partial charge is 0.479 e. The molecule has 0 aromatic heterocycles. The lowest BCUT2D eigenvalue weighted by atomic mass is 9.67. The van der Waals surface area contributed by atoms with Crippen molar-refractivity contribution >= 4 is 12.1 Å². The Bertz CT molecular complexity index is 641. The summed E-state index contributed by atoms with van der Waals surface area (Å²) in [5.74, 6) is -0.715. The number of aliphatic carboxylic acids is 1. The van der Waals surface area contributed by atoms with Gasteiger partial charge in [0.2, 0.25) is 0 Å². The molecule has 142 valence electrons. The van der Waals surface area contributed by atoms with Gasteiger partial charge in [-0.15, -0.1) is 0 Å². The van der Waals surface area contributed by atoms with Crippen LogP contribution < -0.4 is 0 Å². The number of amides is 1. The third-order valence-corrected chi connectivity index (χ3v) is 5.86. The molecule has 2 saturated carbocycles. The normalized spacial score (nSPS) is 25.7. The summed E-state index contributed by atoms with van der Waals surface area (Å²) in [5, 5.41) is 10.2. The highest BCUT2D eigenvalue weighted by molar-refractivity contribution is 5.85. The fourth-order valence-corrected chi connectivity index (χ4v) is 4.49. The molecule has 5 heteroatoms. The lowest BCUT2D eigenvalue weighted by Gasteiger charge is -2.49. The van der Waals surface area contributed by atoms with E-state index in [1.54, 1.807) is 4.90 Å². The van der Waals surface area contributed by atoms with E-state index in [0.717, 1.165) is 37.7 Å². The highest BCUT2D eigenvalue weighted by Gasteiger charge is 2.58. The van der Waals surface area contributed by atoms with E-state index in [1.165, 1.54) is 0 Å². The Labute approximate surface area is 155 Å². The summed E-state index contributed by atoms with van der Waals surface area (Å²) >= 11 is 0. The SMILES string of the molecule is CC(C)C1CCCCC1(C(=O)O)N(C(=O)OCc1ccccc1)C1CC1. The lowest BCUT2D eigenvalue weighted by molar-refractivity contribution is -0.160. The molecule has 1 amide bonds. The number of carboxylic acid groups (broad SMARTS) is 1. The summed E-state index contributed by atoms with van der Waals surface area (Å²) < 4.78 is 5.57. The van der Waals surface area contributed by atoms with Crippen molar-refractivity contribution in [1.82, 2.24) is 4.90 Å². The molecule has 2 unspecified atom stereocenters. The van der Waals surface area contributed by atoms with Crippen molar-refractivity contribution in [1.29, 1.82) is 0 Å². The summed E-state index contributed by atoms with van der Waals surface area (Å²) in [6.07, 6.45) is 4.47. The fraction of sp³-hybridized carbons (Fsp3) is 0.619. The first-order chi connectivity index (χ1) is 12.5. The van der Waals surface area contributed by atoms with Crippen molar-refractivity contribution in [3.8, 4) is 0 Å². The van der Waals surface area contributed by atoms with Crippen LogP contribution in [0.4, 0.5) is 4.79 Å². The molecule has 2 aliphatic rings. The van der Waals surface area contributed by atoms with Crippen LogP contribution in [0.15, 0.2) is 30.3 Å². The number of carbonyl (C=O) groups excluding carboxylic acids is 1. The monoisotopic (exact) mass is 359 g/mol. The maximum absolute atomic E-state index is 13.0. The van der Waals surface area contributed by atoms with E-state index in [4.69, 9.17) is 4.74 Å². The van der Waals surface area contributed by atoms with Crippen LogP contribution in [-0.4, -0.2) is 33.6 Å². The summed E-state index contributed by atoms with van der Waals surface area (Å²) in [6.45, 7) is 4.30. The minimum atomic E-state index is -1.14. The molecule has 1 aromatic carbocycles. The zero-order valence-corrected chi connectivity index (χ0v) is 15.7. The number of ether oxygens (including phenoxy) is 1. The Kier molecular flexibility index (Phi) is 5.54. The number of carbonyl (C=O) groups is 2. The average Bonchev–Trinajstić information content (AvgIpc) is 3.46. The number of rotatable bonds is 6. The first-order valence-corrected chi connectivity index (χ1v) is 9.70. The maximum atomic E-state index is 13.0. The van der Waals surface area contributed by atoms with E-state index >= 15 is 0 Å². The van der Waals surface area contributed by atoms with Crippen molar-refractivity contribution in [2.75, 3.05) is 0 Å². The predicted molar refractivity (Wildman–Crippen MR) is 98.7 cm³/mol. The second-order valence-corrected chi connectivity index (χ2v) is 7.97. The topological polar surface area (TPSA) is 66.8 Å². The molecule has 5 nitrogen and oxygen atoms in total. The van der Waals surface area contributed by atoms with Gasteiger partial charge in [0.05, 0.1) is 0 Å². The van der Waals surface area contributed by atoms with E-state index in [1.807, 2.05) is 30.3 Å². The molecule has 1 aromatic rings. The Morgan fingerprint density at radius 3 is 2.46 bits per heavy atom. The summed E-state index contributed by atoms with van der Waals surface area (Å²) in [4.78, 5) is 27.1. The van der Waals surface area contributed by atoms with Crippen molar-refractivity contribution < 1.29 is 19.4 Å². The second kappa shape index (κ2) is 7.68. The molecule has 1 N–H and O–H groups in total. The van der Waals surface area contributed by atoms with Gasteiger partial charge >= 0.3 is 12.1 Å². The van der Waals surface area contributed by atoms with Crippen LogP contribution in [0.1, 0.15) is 57.9 Å². The van der Waals surface area contributed by atoms with Crippen molar-refractivity contribution in [3.05, 3.63) is 35.9 Å². The highest BCUT2D eigenvalue weighted by atomic mass is 16.6. The van der Waals surface area contributed by atoms with Crippen LogP contribution in [0.5, 0.6) is 0 Å². The standard InChI is InChI=1S/C21H29NO4/c1-15(2)18-10-6-7-13-21(18,19(23)24)22(17-11-12-17)20(25)26-14-16-8-4-3-5-9-16/h3-5,8-9,15,17-18H,6-7,10-14H2,1-2H3,(H,23,24). The Hall–Kier alpha value is -2.04. The van der Waals surface area contributed by atoms with Gasteiger partial charge in [0, 0.05) is 6.04 Å². The third kappa shape index (κ3) is 3.57. The highest BCUT2D eigenvalue weighted by Crippen LogP contribution is 2.47. The van der Waals surface area contributed by atoms with Crippen molar-refractivity contribution in [2.45, 2.75) is 70.6 Å². The molecule has 3 rings (SSSR count). The van der Waals surface area contributed by atoms with E-state index in [9.17, 15) is 14.7 Å². The quantitative estimate of drug-likeness (QED) is 0.814. The molecule has 0 radical (unpaired) electrons. The van der Waals surface area contributed by atoms with E-state index in [0.29, 0.717) is 6.42 Å². The summed E-state index contributed by atoms with van der Waals surface area (Å²) in [5.41, 5.74) is -0.230. The average molecular weight is 359 g/mol. The minimum Gasteiger partial charge on any atom is -0.479 e. The summed E-state index contributed by atoms with van der Waals surface area (Å²) in [6, 6.07) is 9.51. The Morgan fingerprint density at radius 1 is 1.19 bits per heavy atom. The predicted octanol–water partition coefficient (Wildman–Crippen LogP) is 4.46. The Morgan fingerprint density at radius 2 is 1.88 bits per heavy atom. The van der Waals surface area contributed by atoms with Gasteiger partial charge in [-0.3, -0.25) is 4.90 Å². The van der Waals surface area contributed by atoms with E-state index in [-0.39, 0.29) is 24.5 Å². The van der Waals surface area contributed by atoms with Gasteiger partial charge < -0.3 is 9.84 Å². The van der Waals surface area contributed by atoms with Crippen LogP contribution >= 0.6 is 0 Å². The number of nitrogens with zero attached hydrogens (tertiary/aromatic N) is 1. The molecule has 0 aliphatic heterocycles. The van der Waals surface area contributed by atoms with Gasteiger partial charge in [0.1, 0.15) is 12.1 Å². The maximum Gasteiger partial charge on any atom is 0.411 e. The second-order valence-electron chi connectivity index (χ2n) is 7.97. The van der Waals surface area contributed by atoms with Gasteiger partial charge in [-0.05, 0) is 43.1 Å². The minimum absolute atomic E-state index is 0.00581. The van der Waals surface area contributed by atoms with Crippen LogP contribution in [-0.2, 0) is 16.1 Å².